The summed E-state index contributed by atoms with van der Waals surface area (Å²) in [6.45, 7) is 0. The maximum absolute atomic E-state index is 8.77. The second kappa shape index (κ2) is 4.58. The van der Waals surface area contributed by atoms with E-state index in [-0.39, 0.29) is 0 Å². The molecule has 0 spiro atoms. The van der Waals surface area contributed by atoms with Crippen molar-refractivity contribution < 1.29 is 14.6 Å². The number of methoxy groups -OCH3 is 1. The Morgan fingerprint density at radius 2 is 2.11 bits per heavy atom. The van der Waals surface area contributed by atoms with E-state index in [9.17, 15) is 0 Å². The number of carboxylic acid groups (broad SMARTS) is 1. The zero-order valence-corrected chi connectivity index (χ0v) is 5.89. The van der Waals surface area contributed by atoms with Gasteiger partial charge in [-0.2, -0.15) is 0 Å². The Kier molecular flexibility index (Phi) is 4.44. The van der Waals surface area contributed by atoms with Gasteiger partial charge in [-0.15, -0.1) is 0 Å². The molecular weight excluding hydrogens is 144 g/mol. The Hall–Kier alpha value is -0.280. The molecular formula is C5H9ClO3. The molecule has 0 aromatic heterocycles. The summed E-state index contributed by atoms with van der Waals surface area (Å²) in [5.74, 6) is 0. The Bertz CT molecular complexity index is 86.2. The highest BCUT2D eigenvalue weighted by Gasteiger charge is 2.19. The van der Waals surface area contributed by atoms with Crippen molar-refractivity contribution in [2.24, 2.45) is 0 Å². The quantitative estimate of drug-likeness (QED) is 0.582. The number of ether oxygens (including phenoxy) is 1. The molecule has 0 radical (unpaired) electrons. The minimum absolute atomic E-state index is 0.634. The molecule has 0 aromatic carbocycles. The first-order valence-electron chi connectivity index (χ1n) is 2.58. The van der Waals surface area contributed by atoms with Gasteiger partial charge in [0, 0.05) is 18.7 Å². The lowest BCUT2D eigenvalue weighted by Crippen LogP contribution is -1.79. The van der Waals surface area contributed by atoms with Crippen LogP contribution in [-0.4, -0.2) is 23.7 Å². The number of halogens is 1. The third kappa shape index (κ3) is 11.3. The summed E-state index contributed by atoms with van der Waals surface area (Å²) in [6.07, 6.45) is 3.21. The molecule has 1 aliphatic carbocycles. The number of rotatable bonds is 1. The highest BCUT2D eigenvalue weighted by atomic mass is 35.5. The van der Waals surface area contributed by atoms with Crippen LogP contribution in [0, 0.1) is 0 Å². The van der Waals surface area contributed by atoms with E-state index < -0.39 is 5.43 Å². The average molecular weight is 153 g/mol. The maximum Gasteiger partial charge on any atom is 0.401 e. The van der Waals surface area contributed by atoms with Crippen LogP contribution in [0.5, 0.6) is 0 Å². The van der Waals surface area contributed by atoms with Gasteiger partial charge in [0.1, 0.15) is 0 Å². The van der Waals surface area contributed by atoms with Crippen molar-refractivity contribution in [2.75, 3.05) is 7.11 Å². The molecule has 0 bridgehead atoms. The first kappa shape index (κ1) is 8.72. The number of hydrogen-bond donors (Lipinski definition) is 1. The van der Waals surface area contributed by atoms with Crippen LogP contribution in [0.2, 0.25) is 0 Å². The van der Waals surface area contributed by atoms with Crippen molar-refractivity contribution in [1.82, 2.24) is 0 Å². The summed E-state index contributed by atoms with van der Waals surface area (Å²) >= 11 is 4.19. The number of carbonyl (C=O) groups is 1. The predicted molar refractivity (Wildman–Crippen MR) is 33.9 cm³/mol. The van der Waals surface area contributed by atoms with Gasteiger partial charge in [0.15, 0.2) is 0 Å². The molecule has 1 aliphatic rings. The molecule has 4 heteroatoms. The lowest BCUT2D eigenvalue weighted by atomic mass is 10.9. The van der Waals surface area contributed by atoms with Crippen LogP contribution >= 0.6 is 11.6 Å². The standard InChI is InChI=1S/C4H8O.CHClO2/c1-5-4-2-3-4;2-1(3)4/h4H,2-3H2,1H3;(H,3,4). The Balaban J connectivity index is 0.000000148. The minimum atomic E-state index is -1.36. The highest BCUT2D eigenvalue weighted by molar-refractivity contribution is 6.60. The van der Waals surface area contributed by atoms with Crippen LogP contribution in [0.15, 0.2) is 0 Å². The fourth-order valence-electron chi connectivity index (χ4n) is 0.304. The van der Waals surface area contributed by atoms with Crippen LogP contribution in [0.4, 0.5) is 4.79 Å². The first-order valence-corrected chi connectivity index (χ1v) is 2.96. The second-order valence-corrected chi connectivity index (χ2v) is 2.01. The molecule has 0 atom stereocenters. The minimum Gasteiger partial charge on any atom is -0.469 e. The van der Waals surface area contributed by atoms with Crippen LogP contribution in [-0.2, 0) is 4.74 Å². The molecule has 0 heterocycles. The monoisotopic (exact) mass is 152 g/mol. The summed E-state index contributed by atoms with van der Waals surface area (Å²) < 4.78 is 4.86. The Morgan fingerprint density at radius 1 is 1.78 bits per heavy atom. The third-order valence-electron chi connectivity index (χ3n) is 0.858. The summed E-state index contributed by atoms with van der Waals surface area (Å²) in [5.41, 5.74) is -1.36. The van der Waals surface area contributed by atoms with Crippen LogP contribution in [0.1, 0.15) is 12.8 Å². The van der Waals surface area contributed by atoms with Gasteiger partial charge in [-0.25, -0.2) is 4.79 Å². The molecule has 0 aliphatic heterocycles. The van der Waals surface area contributed by atoms with Crippen molar-refractivity contribution in [1.29, 1.82) is 0 Å². The molecule has 1 N–H and O–H groups in total. The predicted octanol–water partition coefficient (Wildman–Crippen LogP) is 1.70. The zero-order valence-electron chi connectivity index (χ0n) is 5.13. The lowest BCUT2D eigenvalue weighted by molar-refractivity contribution is 0.183. The zero-order chi connectivity index (χ0) is 7.28. The molecule has 0 saturated heterocycles. The Labute approximate surface area is 58.6 Å². The highest BCUT2D eigenvalue weighted by Crippen LogP contribution is 2.21. The largest absolute Gasteiger partial charge is 0.469 e. The lowest BCUT2D eigenvalue weighted by Gasteiger charge is -1.80. The topological polar surface area (TPSA) is 46.5 Å². The fraction of sp³-hybridized carbons (Fsp3) is 0.800. The summed E-state index contributed by atoms with van der Waals surface area (Å²) in [4.78, 5) is 8.77. The van der Waals surface area contributed by atoms with Gasteiger partial charge in [-0.3, -0.25) is 0 Å². The van der Waals surface area contributed by atoms with Crippen molar-refractivity contribution in [3.63, 3.8) is 0 Å². The van der Waals surface area contributed by atoms with E-state index in [1.807, 2.05) is 0 Å². The van der Waals surface area contributed by atoms with E-state index in [1.54, 1.807) is 7.11 Å². The number of hydrogen-bond acceptors (Lipinski definition) is 2. The third-order valence-corrected chi connectivity index (χ3v) is 0.858. The van der Waals surface area contributed by atoms with E-state index in [2.05, 4.69) is 11.6 Å². The average Bonchev–Trinajstić information content (AvgIpc) is 2.43. The molecule has 1 fully saturated rings. The fourth-order valence-corrected chi connectivity index (χ4v) is 0.304. The molecule has 0 unspecified atom stereocenters. The van der Waals surface area contributed by atoms with Crippen molar-refractivity contribution >= 4 is 17.0 Å². The maximum atomic E-state index is 8.77. The van der Waals surface area contributed by atoms with E-state index in [4.69, 9.17) is 14.6 Å². The molecule has 54 valence electrons. The van der Waals surface area contributed by atoms with E-state index in [0.29, 0.717) is 6.10 Å². The van der Waals surface area contributed by atoms with Crippen molar-refractivity contribution in [3.05, 3.63) is 0 Å². The molecule has 0 aromatic rings. The van der Waals surface area contributed by atoms with E-state index in [0.717, 1.165) is 0 Å². The smallest absolute Gasteiger partial charge is 0.401 e. The summed E-state index contributed by atoms with van der Waals surface area (Å²) in [7, 11) is 1.76. The van der Waals surface area contributed by atoms with Gasteiger partial charge in [-0.05, 0) is 12.8 Å². The van der Waals surface area contributed by atoms with E-state index in [1.165, 1.54) is 12.8 Å². The van der Waals surface area contributed by atoms with Crippen LogP contribution in [0.25, 0.3) is 0 Å². The van der Waals surface area contributed by atoms with Gasteiger partial charge in [0.25, 0.3) is 0 Å². The molecule has 1 rings (SSSR count). The second-order valence-electron chi connectivity index (χ2n) is 1.69. The van der Waals surface area contributed by atoms with Crippen molar-refractivity contribution in [3.8, 4) is 0 Å². The van der Waals surface area contributed by atoms with Crippen LogP contribution < -0.4 is 0 Å². The molecule has 0 amide bonds. The van der Waals surface area contributed by atoms with Gasteiger partial charge in [0.05, 0.1) is 6.10 Å². The Morgan fingerprint density at radius 3 is 2.11 bits per heavy atom. The SMILES string of the molecule is COC1CC1.O=C(O)Cl. The van der Waals surface area contributed by atoms with Gasteiger partial charge >= 0.3 is 5.43 Å². The van der Waals surface area contributed by atoms with E-state index >= 15 is 0 Å². The molecule has 9 heavy (non-hydrogen) atoms. The normalized spacial score (nSPS) is 15.8. The van der Waals surface area contributed by atoms with Crippen LogP contribution in [0.3, 0.4) is 0 Å². The van der Waals surface area contributed by atoms with Crippen molar-refractivity contribution in [2.45, 2.75) is 18.9 Å². The van der Waals surface area contributed by atoms with Gasteiger partial charge < -0.3 is 9.84 Å². The summed E-state index contributed by atoms with van der Waals surface area (Å²) in [6, 6.07) is 0. The van der Waals surface area contributed by atoms with Gasteiger partial charge in [0.2, 0.25) is 0 Å². The first-order chi connectivity index (χ1) is 4.16. The van der Waals surface area contributed by atoms with Gasteiger partial charge in [-0.1, -0.05) is 0 Å². The molecule has 3 nitrogen and oxygen atoms in total. The molecule has 1 saturated carbocycles. The summed E-state index contributed by atoms with van der Waals surface area (Å²) in [5, 5.41) is 7.18.